The molecular formula is C8H16N2O6. The molecule has 0 saturated heterocycles. The number of hydrogen-bond donors (Lipinski definition) is 5. The molecule has 0 saturated carbocycles. The van der Waals surface area contributed by atoms with E-state index in [-0.39, 0.29) is 0 Å². The van der Waals surface area contributed by atoms with Crippen LogP contribution in [-0.4, -0.2) is 62.3 Å². The summed E-state index contributed by atoms with van der Waals surface area (Å²) >= 11 is 0. The van der Waals surface area contributed by atoms with E-state index in [0.717, 1.165) is 13.8 Å². The van der Waals surface area contributed by atoms with Gasteiger partial charge in [-0.15, -0.1) is 0 Å². The van der Waals surface area contributed by atoms with Gasteiger partial charge in [0.2, 0.25) is 11.8 Å². The molecule has 5 N–H and O–H groups in total. The van der Waals surface area contributed by atoms with E-state index in [1.54, 1.807) is 0 Å². The minimum Gasteiger partial charge on any atom is -0.394 e. The quantitative estimate of drug-likeness (QED) is 0.260. The molecule has 2 amide bonds. The molecule has 0 rings (SSSR count). The second kappa shape index (κ2) is 6.38. The summed E-state index contributed by atoms with van der Waals surface area (Å²) < 4.78 is 0. The first-order valence-electron chi connectivity index (χ1n) is 4.53. The van der Waals surface area contributed by atoms with Crippen molar-refractivity contribution in [2.45, 2.75) is 32.3 Å². The highest BCUT2D eigenvalue weighted by atomic mass is 16.4. The highest BCUT2D eigenvalue weighted by molar-refractivity contribution is 5.79. The summed E-state index contributed by atoms with van der Waals surface area (Å²) in [5, 5.41) is 36.8. The Labute approximate surface area is 92.1 Å². The van der Waals surface area contributed by atoms with Gasteiger partial charge in [0.05, 0.1) is 6.61 Å². The third kappa shape index (κ3) is 4.11. The fraction of sp³-hybridized carbons (Fsp3) is 0.750. The van der Waals surface area contributed by atoms with E-state index in [2.05, 4.69) is 0 Å². The largest absolute Gasteiger partial charge is 0.394 e. The van der Waals surface area contributed by atoms with Crippen LogP contribution in [0.5, 0.6) is 0 Å². The Kier molecular flexibility index (Phi) is 5.89. The molecule has 0 bridgehead atoms. The van der Waals surface area contributed by atoms with Crippen molar-refractivity contribution in [1.82, 2.24) is 10.4 Å². The number of amides is 2. The number of nitrogens with zero attached hydrogens (tertiary/aromatic N) is 1. The minimum atomic E-state index is -1.84. The summed E-state index contributed by atoms with van der Waals surface area (Å²) in [6.07, 6.45) is -5.25. The zero-order chi connectivity index (χ0) is 12.9. The summed E-state index contributed by atoms with van der Waals surface area (Å²) in [7, 11) is 0. The van der Waals surface area contributed by atoms with Crippen molar-refractivity contribution in [1.29, 1.82) is 0 Å². The molecule has 0 radical (unpaired) electrons. The lowest BCUT2D eigenvalue weighted by Gasteiger charge is -2.31. The number of carbonyl (C=O) groups excluding carboxylic acids is 2. The summed E-state index contributed by atoms with van der Waals surface area (Å²) in [5.74, 6) is -1.35. The third-order valence-corrected chi connectivity index (χ3v) is 1.77. The van der Waals surface area contributed by atoms with Crippen molar-refractivity contribution in [2.24, 2.45) is 0 Å². The van der Waals surface area contributed by atoms with Crippen molar-refractivity contribution >= 4 is 11.8 Å². The molecule has 0 aromatic heterocycles. The molecule has 0 aromatic carbocycles. The standard InChI is InChI=1S/C8H16N2O6/c1-4(12)9-10(5(2)13)8(16)7(15)6(14)3-11/h6-8,11,14-16H,3H2,1-2H3,(H,9,12)/t6-,7+,8?/m1/s1. The van der Waals surface area contributed by atoms with E-state index in [1.807, 2.05) is 5.43 Å². The Hall–Kier alpha value is -1.22. The maximum Gasteiger partial charge on any atom is 0.240 e. The van der Waals surface area contributed by atoms with Crippen LogP contribution in [-0.2, 0) is 9.59 Å². The molecule has 8 nitrogen and oxygen atoms in total. The van der Waals surface area contributed by atoms with Gasteiger partial charge in [0.1, 0.15) is 12.2 Å². The third-order valence-electron chi connectivity index (χ3n) is 1.77. The van der Waals surface area contributed by atoms with E-state index < -0.39 is 36.9 Å². The van der Waals surface area contributed by atoms with Gasteiger partial charge in [-0.25, -0.2) is 5.01 Å². The van der Waals surface area contributed by atoms with Crippen molar-refractivity contribution in [2.75, 3.05) is 6.61 Å². The maximum atomic E-state index is 11.0. The van der Waals surface area contributed by atoms with Gasteiger partial charge in [-0.05, 0) is 0 Å². The molecule has 0 spiro atoms. The maximum absolute atomic E-state index is 11.0. The van der Waals surface area contributed by atoms with Gasteiger partial charge in [0, 0.05) is 13.8 Å². The Morgan fingerprint density at radius 1 is 1.25 bits per heavy atom. The summed E-state index contributed by atoms with van der Waals surface area (Å²) in [6.45, 7) is 1.37. The zero-order valence-corrected chi connectivity index (χ0v) is 8.99. The van der Waals surface area contributed by atoms with Crippen LogP contribution in [0.25, 0.3) is 0 Å². The van der Waals surface area contributed by atoms with Crippen LogP contribution < -0.4 is 5.43 Å². The molecule has 0 fully saturated rings. The topological polar surface area (TPSA) is 130 Å². The van der Waals surface area contributed by atoms with Crippen LogP contribution in [0, 0.1) is 0 Å². The fourth-order valence-electron chi connectivity index (χ4n) is 0.960. The molecular weight excluding hydrogens is 220 g/mol. The van der Waals surface area contributed by atoms with Crippen molar-refractivity contribution in [3.05, 3.63) is 0 Å². The number of hydrazine groups is 1. The van der Waals surface area contributed by atoms with Crippen molar-refractivity contribution in [3.8, 4) is 0 Å². The zero-order valence-electron chi connectivity index (χ0n) is 8.99. The Balaban J connectivity index is 4.66. The first kappa shape index (κ1) is 14.8. The molecule has 0 aliphatic rings. The van der Waals surface area contributed by atoms with Gasteiger partial charge in [0.25, 0.3) is 0 Å². The number of carbonyl (C=O) groups is 2. The molecule has 3 atom stereocenters. The molecule has 1 unspecified atom stereocenters. The molecule has 94 valence electrons. The van der Waals surface area contributed by atoms with E-state index in [1.165, 1.54) is 0 Å². The molecule has 0 aliphatic heterocycles. The first-order chi connectivity index (χ1) is 7.31. The predicted octanol–water partition coefficient (Wildman–Crippen LogP) is -3.08. The van der Waals surface area contributed by atoms with Crippen LogP contribution in [0.3, 0.4) is 0 Å². The van der Waals surface area contributed by atoms with Gasteiger partial charge in [-0.1, -0.05) is 0 Å². The average Bonchev–Trinajstić information content (AvgIpc) is 2.22. The number of hydrogen-bond acceptors (Lipinski definition) is 6. The lowest BCUT2D eigenvalue weighted by molar-refractivity contribution is -0.173. The predicted molar refractivity (Wildman–Crippen MR) is 51.4 cm³/mol. The van der Waals surface area contributed by atoms with Gasteiger partial charge in [-0.3, -0.25) is 15.0 Å². The van der Waals surface area contributed by atoms with Gasteiger partial charge >= 0.3 is 0 Å². The van der Waals surface area contributed by atoms with Crippen LogP contribution in [0.2, 0.25) is 0 Å². The second-order valence-corrected chi connectivity index (χ2v) is 3.21. The molecule has 8 heteroatoms. The van der Waals surface area contributed by atoms with Gasteiger partial charge in [0.15, 0.2) is 6.23 Å². The summed E-state index contributed by atoms with van der Waals surface area (Å²) in [4.78, 5) is 21.7. The van der Waals surface area contributed by atoms with Crippen molar-refractivity contribution in [3.63, 3.8) is 0 Å². The Morgan fingerprint density at radius 2 is 1.75 bits per heavy atom. The van der Waals surface area contributed by atoms with Gasteiger partial charge < -0.3 is 20.4 Å². The normalized spacial score (nSPS) is 16.1. The van der Waals surface area contributed by atoms with E-state index >= 15 is 0 Å². The molecule has 0 aromatic rings. The first-order valence-corrected chi connectivity index (χ1v) is 4.53. The van der Waals surface area contributed by atoms with Crippen LogP contribution in [0.15, 0.2) is 0 Å². The van der Waals surface area contributed by atoms with Crippen LogP contribution >= 0.6 is 0 Å². The summed E-state index contributed by atoms with van der Waals surface area (Å²) in [6, 6.07) is 0. The minimum absolute atomic E-state index is 0.464. The second-order valence-electron chi connectivity index (χ2n) is 3.21. The SMILES string of the molecule is CC(=O)NN(C(C)=O)C(O)[C@@H](O)[C@H](O)CO. The number of aliphatic hydroxyl groups excluding tert-OH is 4. The molecule has 0 aliphatic carbocycles. The number of aliphatic hydroxyl groups is 4. The van der Waals surface area contributed by atoms with E-state index in [0.29, 0.717) is 5.01 Å². The van der Waals surface area contributed by atoms with E-state index in [4.69, 9.17) is 10.2 Å². The average molecular weight is 236 g/mol. The fourth-order valence-corrected chi connectivity index (χ4v) is 0.960. The highest BCUT2D eigenvalue weighted by Crippen LogP contribution is 2.04. The Bertz CT molecular complexity index is 259. The number of nitrogens with one attached hydrogen (secondary N) is 1. The lowest BCUT2D eigenvalue weighted by Crippen LogP contribution is -2.57. The lowest BCUT2D eigenvalue weighted by atomic mass is 10.2. The number of rotatable bonds is 4. The summed E-state index contributed by atoms with van der Waals surface area (Å²) in [5.41, 5.74) is 1.98. The smallest absolute Gasteiger partial charge is 0.240 e. The van der Waals surface area contributed by atoms with E-state index in [9.17, 15) is 19.8 Å². The highest BCUT2D eigenvalue weighted by Gasteiger charge is 2.31. The van der Waals surface area contributed by atoms with Crippen LogP contribution in [0.1, 0.15) is 13.8 Å². The Morgan fingerprint density at radius 3 is 2.06 bits per heavy atom. The van der Waals surface area contributed by atoms with Crippen molar-refractivity contribution < 1.29 is 30.0 Å². The van der Waals surface area contributed by atoms with Gasteiger partial charge in [-0.2, -0.15) is 0 Å². The molecule has 0 heterocycles. The monoisotopic (exact) mass is 236 g/mol. The molecule has 16 heavy (non-hydrogen) atoms. The van der Waals surface area contributed by atoms with Crippen LogP contribution in [0.4, 0.5) is 0 Å².